The second-order valence-electron chi connectivity index (χ2n) is 4.94. The summed E-state index contributed by atoms with van der Waals surface area (Å²) in [5.74, 6) is 0. The van der Waals surface area contributed by atoms with Crippen LogP contribution in [0.4, 0.5) is 0 Å². The first-order valence-corrected chi connectivity index (χ1v) is 9.06. The first-order valence-electron chi connectivity index (χ1n) is 6.78. The standard InChI is InChI=1S/C16H18BrNO2S/c1-13-4-2-5-14(12-13)6-3-11-18-21(19,20)16-9-7-15(17)8-10-16/h2,4-5,7-10,12,18H,3,6,11H2,1H3. The molecule has 112 valence electrons. The fraction of sp³-hybridized carbons (Fsp3) is 0.250. The number of halogens is 1. The molecule has 5 heteroatoms. The van der Waals surface area contributed by atoms with Gasteiger partial charge in [0, 0.05) is 11.0 Å². The van der Waals surface area contributed by atoms with E-state index >= 15 is 0 Å². The van der Waals surface area contributed by atoms with Crippen molar-refractivity contribution in [3.63, 3.8) is 0 Å². The van der Waals surface area contributed by atoms with Gasteiger partial charge in [-0.25, -0.2) is 13.1 Å². The van der Waals surface area contributed by atoms with Crippen LogP contribution < -0.4 is 4.72 Å². The van der Waals surface area contributed by atoms with Crippen molar-refractivity contribution in [3.8, 4) is 0 Å². The normalized spacial score (nSPS) is 11.5. The predicted octanol–water partition coefficient (Wildman–Crippen LogP) is 3.67. The number of hydrogen-bond donors (Lipinski definition) is 1. The van der Waals surface area contributed by atoms with Gasteiger partial charge in [0.05, 0.1) is 4.90 Å². The zero-order valence-electron chi connectivity index (χ0n) is 11.8. The highest BCUT2D eigenvalue weighted by Gasteiger charge is 2.12. The second-order valence-corrected chi connectivity index (χ2v) is 7.63. The van der Waals surface area contributed by atoms with Crippen LogP contribution in [-0.2, 0) is 16.4 Å². The van der Waals surface area contributed by atoms with Crippen LogP contribution in [0, 0.1) is 6.92 Å². The van der Waals surface area contributed by atoms with E-state index in [2.05, 4.69) is 45.8 Å². The molecule has 1 N–H and O–H groups in total. The largest absolute Gasteiger partial charge is 0.240 e. The van der Waals surface area contributed by atoms with E-state index in [9.17, 15) is 8.42 Å². The van der Waals surface area contributed by atoms with Crippen molar-refractivity contribution in [3.05, 3.63) is 64.1 Å². The van der Waals surface area contributed by atoms with Crippen LogP contribution in [0.3, 0.4) is 0 Å². The molecular weight excluding hydrogens is 350 g/mol. The van der Waals surface area contributed by atoms with Crippen molar-refractivity contribution < 1.29 is 8.42 Å². The molecule has 0 spiro atoms. The predicted molar refractivity (Wildman–Crippen MR) is 88.8 cm³/mol. The van der Waals surface area contributed by atoms with Gasteiger partial charge in [-0.1, -0.05) is 45.8 Å². The van der Waals surface area contributed by atoms with Crippen molar-refractivity contribution in [1.29, 1.82) is 0 Å². The number of benzene rings is 2. The summed E-state index contributed by atoms with van der Waals surface area (Å²) in [4.78, 5) is 0.293. The molecule has 2 rings (SSSR count). The van der Waals surface area contributed by atoms with Crippen molar-refractivity contribution in [1.82, 2.24) is 4.72 Å². The van der Waals surface area contributed by atoms with Crippen LogP contribution in [0.15, 0.2) is 57.9 Å². The molecule has 0 bridgehead atoms. The Kier molecular flexibility index (Phi) is 5.56. The summed E-state index contributed by atoms with van der Waals surface area (Å²) in [7, 11) is -3.41. The highest BCUT2D eigenvalue weighted by molar-refractivity contribution is 9.10. The van der Waals surface area contributed by atoms with Crippen molar-refractivity contribution in [2.45, 2.75) is 24.7 Å². The highest BCUT2D eigenvalue weighted by atomic mass is 79.9. The molecule has 3 nitrogen and oxygen atoms in total. The van der Waals surface area contributed by atoms with E-state index in [0.29, 0.717) is 11.4 Å². The molecule has 0 atom stereocenters. The van der Waals surface area contributed by atoms with Crippen LogP contribution in [-0.4, -0.2) is 15.0 Å². The molecule has 0 saturated carbocycles. The molecule has 0 fully saturated rings. The Bertz CT molecular complexity index is 696. The Hall–Kier alpha value is -1.17. The minimum Gasteiger partial charge on any atom is -0.211 e. The first kappa shape index (κ1) is 16.2. The minimum atomic E-state index is -3.41. The molecule has 2 aromatic rings. The van der Waals surface area contributed by atoms with Gasteiger partial charge < -0.3 is 0 Å². The third-order valence-electron chi connectivity index (χ3n) is 3.14. The Morgan fingerprint density at radius 2 is 1.81 bits per heavy atom. The SMILES string of the molecule is Cc1cccc(CCCNS(=O)(=O)c2ccc(Br)cc2)c1. The Labute approximate surface area is 134 Å². The summed E-state index contributed by atoms with van der Waals surface area (Å²) in [5, 5.41) is 0. The number of sulfonamides is 1. The molecule has 0 radical (unpaired) electrons. The number of aryl methyl sites for hydroxylation is 2. The van der Waals surface area contributed by atoms with E-state index < -0.39 is 10.0 Å². The van der Waals surface area contributed by atoms with Crippen LogP contribution in [0.2, 0.25) is 0 Å². The number of rotatable bonds is 6. The minimum absolute atomic E-state index is 0.293. The summed E-state index contributed by atoms with van der Waals surface area (Å²) in [6.07, 6.45) is 1.64. The van der Waals surface area contributed by atoms with Gasteiger partial charge in [0.15, 0.2) is 0 Å². The topological polar surface area (TPSA) is 46.2 Å². The molecule has 0 heterocycles. The molecule has 0 aromatic heterocycles. The maximum atomic E-state index is 12.1. The fourth-order valence-electron chi connectivity index (χ4n) is 2.06. The van der Waals surface area contributed by atoms with E-state index in [1.54, 1.807) is 24.3 Å². The third kappa shape index (κ3) is 4.95. The fourth-order valence-corrected chi connectivity index (χ4v) is 3.40. The maximum absolute atomic E-state index is 12.1. The molecule has 2 aromatic carbocycles. The molecule has 0 unspecified atom stereocenters. The molecule has 0 aliphatic carbocycles. The Balaban J connectivity index is 1.86. The smallest absolute Gasteiger partial charge is 0.211 e. The maximum Gasteiger partial charge on any atom is 0.240 e. The van der Waals surface area contributed by atoms with Crippen LogP contribution in [0.25, 0.3) is 0 Å². The van der Waals surface area contributed by atoms with Gasteiger partial charge in [-0.3, -0.25) is 0 Å². The van der Waals surface area contributed by atoms with Gasteiger partial charge in [-0.2, -0.15) is 0 Å². The quantitative estimate of drug-likeness (QED) is 0.791. The average Bonchev–Trinajstić information content (AvgIpc) is 2.44. The summed E-state index contributed by atoms with van der Waals surface area (Å²) in [6, 6.07) is 14.9. The van der Waals surface area contributed by atoms with E-state index in [1.807, 2.05) is 6.07 Å². The Morgan fingerprint density at radius 1 is 1.10 bits per heavy atom. The average molecular weight is 368 g/mol. The molecule has 0 amide bonds. The second kappa shape index (κ2) is 7.20. The van der Waals surface area contributed by atoms with Crippen molar-refractivity contribution in [2.24, 2.45) is 0 Å². The van der Waals surface area contributed by atoms with Gasteiger partial charge >= 0.3 is 0 Å². The molecule has 0 aliphatic heterocycles. The molecular formula is C16H18BrNO2S. The lowest BCUT2D eigenvalue weighted by Gasteiger charge is -2.07. The first-order chi connectivity index (χ1) is 9.97. The lowest BCUT2D eigenvalue weighted by molar-refractivity contribution is 0.579. The number of hydrogen-bond acceptors (Lipinski definition) is 2. The summed E-state index contributed by atoms with van der Waals surface area (Å²) < 4.78 is 27.7. The van der Waals surface area contributed by atoms with Gasteiger partial charge in [0.25, 0.3) is 0 Å². The van der Waals surface area contributed by atoms with E-state index in [-0.39, 0.29) is 0 Å². The van der Waals surface area contributed by atoms with Crippen molar-refractivity contribution >= 4 is 26.0 Å². The van der Waals surface area contributed by atoms with Gasteiger partial charge in [0.2, 0.25) is 10.0 Å². The van der Waals surface area contributed by atoms with Crippen LogP contribution in [0.1, 0.15) is 17.5 Å². The van der Waals surface area contributed by atoms with Crippen LogP contribution >= 0.6 is 15.9 Å². The van der Waals surface area contributed by atoms with E-state index in [4.69, 9.17) is 0 Å². The molecule has 0 saturated heterocycles. The van der Waals surface area contributed by atoms with Gasteiger partial charge in [0.1, 0.15) is 0 Å². The monoisotopic (exact) mass is 367 g/mol. The lowest BCUT2D eigenvalue weighted by atomic mass is 10.1. The summed E-state index contributed by atoms with van der Waals surface area (Å²) in [5.41, 5.74) is 2.46. The Morgan fingerprint density at radius 3 is 2.48 bits per heavy atom. The summed E-state index contributed by atoms with van der Waals surface area (Å²) >= 11 is 3.29. The molecule has 21 heavy (non-hydrogen) atoms. The summed E-state index contributed by atoms with van der Waals surface area (Å²) in [6.45, 7) is 2.49. The lowest BCUT2D eigenvalue weighted by Crippen LogP contribution is -2.25. The van der Waals surface area contributed by atoms with E-state index in [1.165, 1.54) is 11.1 Å². The van der Waals surface area contributed by atoms with E-state index in [0.717, 1.165) is 17.3 Å². The van der Waals surface area contributed by atoms with Crippen molar-refractivity contribution in [2.75, 3.05) is 6.54 Å². The third-order valence-corrected chi connectivity index (χ3v) is 5.15. The number of nitrogens with one attached hydrogen (secondary N) is 1. The highest BCUT2D eigenvalue weighted by Crippen LogP contribution is 2.14. The van der Waals surface area contributed by atoms with Crippen LogP contribution in [0.5, 0.6) is 0 Å². The van der Waals surface area contributed by atoms with Gasteiger partial charge in [-0.05, 0) is 49.6 Å². The zero-order valence-corrected chi connectivity index (χ0v) is 14.2. The van der Waals surface area contributed by atoms with Gasteiger partial charge in [-0.15, -0.1) is 0 Å². The zero-order chi connectivity index (χ0) is 15.3. The molecule has 0 aliphatic rings.